The van der Waals surface area contributed by atoms with Crippen LogP contribution in [0.4, 0.5) is 0 Å². The van der Waals surface area contributed by atoms with Crippen LogP contribution in [0.15, 0.2) is 0 Å². The molecule has 0 nitrogen and oxygen atoms in total. The molecule has 0 heterocycles. The molecule has 0 atom stereocenters. The first-order valence-electron chi connectivity index (χ1n) is 2.10. The van der Waals surface area contributed by atoms with Gasteiger partial charge in [0.25, 0.3) is 0 Å². The van der Waals surface area contributed by atoms with Crippen molar-refractivity contribution in [2.75, 3.05) is 0 Å². The summed E-state index contributed by atoms with van der Waals surface area (Å²) < 4.78 is 0. The van der Waals surface area contributed by atoms with Crippen molar-refractivity contribution < 1.29 is 16.0 Å². The Balaban J connectivity index is 3.17. The van der Waals surface area contributed by atoms with Crippen LogP contribution in [0.3, 0.4) is 0 Å². The number of hydrogen-bond acceptors (Lipinski definition) is 0. The van der Waals surface area contributed by atoms with Gasteiger partial charge >= 0.3 is 48.7 Å². The maximum absolute atomic E-state index is 3.82. The Morgan fingerprint density at radius 1 is 1.33 bits per heavy atom. The molecule has 0 saturated carbocycles. The molecule has 0 bridgehead atoms. The van der Waals surface area contributed by atoms with Crippen molar-refractivity contribution in [1.82, 2.24) is 0 Å². The molecule has 0 aliphatic heterocycles. The fraction of sp³-hybridized carbons (Fsp3) is 1.00. The van der Waals surface area contributed by atoms with Crippen LogP contribution < -0.4 is 0 Å². The van der Waals surface area contributed by atoms with Gasteiger partial charge in [-0.2, -0.15) is 0 Å². The third-order valence-corrected chi connectivity index (χ3v) is 4.64. The van der Waals surface area contributed by atoms with Gasteiger partial charge in [0.2, 0.25) is 0 Å². The summed E-state index contributed by atoms with van der Waals surface area (Å²) >= 11 is 3.82. The van der Waals surface area contributed by atoms with E-state index in [4.69, 9.17) is 0 Å². The third kappa shape index (κ3) is 4.74. The summed E-state index contributed by atoms with van der Waals surface area (Å²) in [7, 11) is -0.742. The summed E-state index contributed by atoms with van der Waals surface area (Å²) in [4.78, 5) is 1.16. The number of hydrogen-bond donors (Lipinski definition) is 0. The van der Waals surface area contributed by atoms with Gasteiger partial charge in [-0.1, -0.05) is 0 Å². The zero-order chi connectivity index (χ0) is 5.21. The predicted molar refractivity (Wildman–Crippen MR) is 28.2 cm³/mol. The minimum atomic E-state index is -0.742. The van der Waals surface area contributed by atoms with Gasteiger partial charge in [0, 0.05) is 0 Å². The monoisotopic (exact) mass is 143 g/mol. The van der Waals surface area contributed by atoms with Crippen LogP contribution in [-0.4, -0.2) is 8.07 Å². The van der Waals surface area contributed by atoms with Gasteiger partial charge in [-0.3, -0.25) is 0 Å². The molecule has 0 spiro atoms. The van der Waals surface area contributed by atoms with Crippen molar-refractivity contribution >= 4 is 8.07 Å². The second-order valence-corrected chi connectivity index (χ2v) is 9.23. The SMILES string of the molecule is C[Si](C)(C)[CH2][Fe]. The van der Waals surface area contributed by atoms with E-state index in [0.29, 0.717) is 0 Å². The summed E-state index contributed by atoms with van der Waals surface area (Å²) in [6.07, 6.45) is 0. The molecular formula is C4H11FeSi. The Hall–Kier alpha value is 0.736. The van der Waals surface area contributed by atoms with Crippen LogP contribution in [0.25, 0.3) is 0 Å². The zero-order valence-corrected chi connectivity index (χ0v) is 6.66. The first-order chi connectivity index (χ1) is 2.56. The molecule has 0 amide bonds. The average Bonchev–Trinajstić information content (AvgIpc) is 1.35. The fourth-order valence-corrected chi connectivity index (χ4v) is 0. The molecule has 0 aromatic rings. The van der Waals surface area contributed by atoms with E-state index in [2.05, 4.69) is 35.7 Å². The molecule has 2 heteroatoms. The van der Waals surface area contributed by atoms with Crippen molar-refractivity contribution in [3.63, 3.8) is 0 Å². The third-order valence-electron chi connectivity index (χ3n) is 0.375. The molecular weight excluding hydrogens is 132 g/mol. The van der Waals surface area contributed by atoms with E-state index in [1.54, 1.807) is 0 Å². The maximum atomic E-state index is 3.82. The quantitative estimate of drug-likeness (QED) is 0.491. The minimum absolute atomic E-state index is 0.742. The topological polar surface area (TPSA) is 0 Å². The fourth-order valence-electron chi connectivity index (χ4n) is 0. The van der Waals surface area contributed by atoms with E-state index in [-0.39, 0.29) is 0 Å². The van der Waals surface area contributed by atoms with E-state index in [1.807, 2.05) is 0 Å². The average molecular weight is 143 g/mol. The molecule has 0 radical (unpaired) electrons. The molecule has 0 unspecified atom stereocenters. The Morgan fingerprint density at radius 2 is 1.50 bits per heavy atom. The molecule has 6 heavy (non-hydrogen) atoms. The molecule has 0 aromatic heterocycles. The first kappa shape index (κ1) is 6.74. The molecule has 0 saturated heterocycles. The summed E-state index contributed by atoms with van der Waals surface area (Å²) in [6, 6.07) is 0. The summed E-state index contributed by atoms with van der Waals surface area (Å²) in [6.45, 7) is 6.96. The standard InChI is InChI=1S/C4H11Si.Fe/c1-5(2,3)4;/h1H2,2-4H3;. The Morgan fingerprint density at radius 3 is 1.50 bits per heavy atom. The van der Waals surface area contributed by atoms with Crippen molar-refractivity contribution in [2.45, 2.75) is 24.6 Å². The summed E-state index contributed by atoms with van der Waals surface area (Å²) in [5.74, 6) is 0. The van der Waals surface area contributed by atoms with Crippen molar-refractivity contribution in [3.8, 4) is 0 Å². The van der Waals surface area contributed by atoms with Crippen LogP contribution in [-0.2, 0) is 16.0 Å². The first-order valence-corrected chi connectivity index (χ1v) is 6.59. The van der Waals surface area contributed by atoms with Crippen LogP contribution in [0.1, 0.15) is 0 Å². The molecule has 0 rings (SSSR count). The van der Waals surface area contributed by atoms with Crippen LogP contribution >= 0.6 is 0 Å². The predicted octanol–water partition coefficient (Wildman–Crippen LogP) is 1.83. The van der Waals surface area contributed by atoms with Crippen molar-refractivity contribution in [1.29, 1.82) is 0 Å². The Bertz CT molecular complexity index is 37.3. The van der Waals surface area contributed by atoms with Gasteiger partial charge in [0.05, 0.1) is 0 Å². The normalized spacial score (nSPS) is 12.0. The Labute approximate surface area is 49.2 Å². The molecule has 0 N–H and O–H groups in total. The van der Waals surface area contributed by atoms with Gasteiger partial charge in [-0.25, -0.2) is 0 Å². The molecule has 0 aromatic carbocycles. The van der Waals surface area contributed by atoms with E-state index >= 15 is 0 Å². The second kappa shape index (κ2) is 2.15. The van der Waals surface area contributed by atoms with Gasteiger partial charge < -0.3 is 0 Å². The van der Waals surface area contributed by atoms with E-state index < -0.39 is 8.07 Å². The Kier molecular flexibility index (Phi) is 2.41. The molecule has 39 valence electrons. The van der Waals surface area contributed by atoms with E-state index in [9.17, 15) is 0 Å². The summed E-state index contributed by atoms with van der Waals surface area (Å²) in [5, 5.41) is 0. The summed E-state index contributed by atoms with van der Waals surface area (Å²) in [5.41, 5.74) is 0. The molecule has 0 aliphatic carbocycles. The van der Waals surface area contributed by atoms with Crippen LogP contribution in [0, 0.1) is 0 Å². The van der Waals surface area contributed by atoms with Crippen molar-refractivity contribution in [3.05, 3.63) is 0 Å². The molecule has 0 fully saturated rings. The van der Waals surface area contributed by atoms with Crippen molar-refractivity contribution in [2.24, 2.45) is 0 Å². The molecule has 0 aliphatic rings. The van der Waals surface area contributed by atoms with E-state index in [1.165, 1.54) is 0 Å². The van der Waals surface area contributed by atoms with Gasteiger partial charge in [-0.15, -0.1) is 0 Å². The van der Waals surface area contributed by atoms with E-state index in [0.717, 1.165) is 4.94 Å². The second-order valence-electron chi connectivity index (χ2n) is 2.69. The van der Waals surface area contributed by atoms with Crippen LogP contribution in [0.2, 0.25) is 24.6 Å². The number of rotatable bonds is 1. The van der Waals surface area contributed by atoms with Gasteiger partial charge in [0.15, 0.2) is 0 Å². The van der Waals surface area contributed by atoms with Gasteiger partial charge in [0.1, 0.15) is 0 Å². The zero-order valence-electron chi connectivity index (χ0n) is 4.56. The van der Waals surface area contributed by atoms with Gasteiger partial charge in [-0.05, 0) is 0 Å². The van der Waals surface area contributed by atoms with Crippen LogP contribution in [0.5, 0.6) is 0 Å².